The Balaban J connectivity index is 2.07. The maximum absolute atomic E-state index is 11.6. The minimum absolute atomic E-state index is 0.00263. The largest absolute Gasteiger partial charge is 0.389 e. The summed E-state index contributed by atoms with van der Waals surface area (Å²) in [6, 6.07) is 9.08. The van der Waals surface area contributed by atoms with Crippen LogP contribution in [0, 0.1) is 0 Å². The van der Waals surface area contributed by atoms with Gasteiger partial charge in [-0.05, 0) is 12.0 Å². The van der Waals surface area contributed by atoms with Crippen molar-refractivity contribution in [2.45, 2.75) is 38.5 Å². The van der Waals surface area contributed by atoms with Crippen LogP contribution in [0.3, 0.4) is 0 Å². The predicted molar refractivity (Wildman–Crippen MR) is 87.8 cm³/mol. The van der Waals surface area contributed by atoms with Gasteiger partial charge >= 0.3 is 0 Å². The molecule has 23 heavy (non-hydrogen) atoms. The Labute approximate surface area is 136 Å². The fourth-order valence-corrected chi connectivity index (χ4v) is 2.96. The Hall–Kier alpha value is -1.92. The summed E-state index contributed by atoms with van der Waals surface area (Å²) in [6.07, 6.45) is -0.235. The summed E-state index contributed by atoms with van der Waals surface area (Å²) in [5, 5.41) is 16.8. The number of carbonyl (C=O) groups is 2. The number of rotatable bonds is 5. The van der Waals surface area contributed by atoms with E-state index in [0.717, 1.165) is 5.56 Å². The summed E-state index contributed by atoms with van der Waals surface area (Å²) in [5.74, 6) is -0.174. The average Bonchev–Trinajstić information content (AvgIpc) is 2.54. The van der Waals surface area contributed by atoms with Crippen molar-refractivity contribution >= 4 is 11.8 Å². The van der Waals surface area contributed by atoms with E-state index in [4.69, 9.17) is 0 Å². The second-order valence-electron chi connectivity index (χ2n) is 6.01. The maximum atomic E-state index is 11.6. The van der Waals surface area contributed by atoms with Gasteiger partial charge in [0.1, 0.15) is 0 Å². The minimum atomic E-state index is -0.777. The van der Waals surface area contributed by atoms with E-state index in [9.17, 15) is 14.7 Å². The summed E-state index contributed by atoms with van der Waals surface area (Å²) >= 11 is 0. The van der Waals surface area contributed by atoms with Crippen LogP contribution in [0.4, 0.5) is 0 Å². The van der Waals surface area contributed by atoms with Gasteiger partial charge in [0, 0.05) is 33.5 Å². The molecule has 2 amide bonds. The summed E-state index contributed by atoms with van der Waals surface area (Å²) < 4.78 is 0. The van der Waals surface area contributed by atoms with Gasteiger partial charge in [0.15, 0.2) is 0 Å². The molecular formula is C17H25N3O3. The first kappa shape index (κ1) is 17.4. The number of amides is 2. The fraction of sp³-hybridized carbons (Fsp3) is 0.529. The number of hydrogen-bond acceptors (Lipinski definition) is 4. The molecule has 1 heterocycles. The van der Waals surface area contributed by atoms with E-state index in [0.29, 0.717) is 26.1 Å². The van der Waals surface area contributed by atoms with Crippen molar-refractivity contribution in [3.8, 4) is 0 Å². The van der Waals surface area contributed by atoms with Crippen LogP contribution in [0.25, 0.3) is 0 Å². The fourth-order valence-electron chi connectivity index (χ4n) is 2.96. The second kappa shape index (κ2) is 8.08. The minimum Gasteiger partial charge on any atom is -0.389 e. The number of aliphatic hydroxyl groups is 1. The molecule has 0 spiro atoms. The third-order valence-electron chi connectivity index (χ3n) is 4.16. The molecular weight excluding hydrogens is 294 g/mol. The van der Waals surface area contributed by atoms with Gasteiger partial charge < -0.3 is 20.6 Å². The molecule has 1 aliphatic heterocycles. The molecule has 0 aliphatic carbocycles. The van der Waals surface area contributed by atoms with Crippen LogP contribution in [0.2, 0.25) is 0 Å². The SMILES string of the molecule is CC(=O)N[C@@H](Cc1ccccc1)[C@@H](O)C1CN(C(C)=O)CCN1. The van der Waals surface area contributed by atoms with Gasteiger partial charge in [0.2, 0.25) is 11.8 Å². The number of benzene rings is 1. The third-order valence-corrected chi connectivity index (χ3v) is 4.16. The standard InChI is InChI=1S/C17H25N3O3/c1-12(21)19-15(10-14-6-4-3-5-7-14)17(23)16-11-20(13(2)22)9-8-18-16/h3-7,15-18,23H,8-11H2,1-2H3,(H,19,21)/t15-,16?,17+/m0/s1. The second-order valence-corrected chi connectivity index (χ2v) is 6.01. The zero-order valence-corrected chi connectivity index (χ0v) is 13.7. The summed E-state index contributed by atoms with van der Waals surface area (Å²) in [6.45, 7) is 4.70. The van der Waals surface area contributed by atoms with Gasteiger partial charge in [-0.2, -0.15) is 0 Å². The Morgan fingerprint density at radius 1 is 1.35 bits per heavy atom. The van der Waals surface area contributed by atoms with Gasteiger partial charge in [0.25, 0.3) is 0 Å². The lowest BCUT2D eigenvalue weighted by Crippen LogP contribution is -2.61. The smallest absolute Gasteiger partial charge is 0.219 e. The van der Waals surface area contributed by atoms with E-state index in [1.165, 1.54) is 13.8 Å². The predicted octanol–water partition coefficient (Wildman–Crippen LogP) is -0.0850. The van der Waals surface area contributed by atoms with E-state index in [2.05, 4.69) is 10.6 Å². The molecule has 1 unspecified atom stereocenters. The molecule has 1 aromatic carbocycles. The van der Waals surface area contributed by atoms with Crippen molar-refractivity contribution in [2.24, 2.45) is 0 Å². The first-order chi connectivity index (χ1) is 11.0. The van der Waals surface area contributed by atoms with Crippen molar-refractivity contribution in [1.29, 1.82) is 0 Å². The lowest BCUT2D eigenvalue weighted by Gasteiger charge is -2.38. The molecule has 1 aliphatic rings. The van der Waals surface area contributed by atoms with Crippen LogP contribution in [0.5, 0.6) is 0 Å². The van der Waals surface area contributed by atoms with Gasteiger partial charge in [0.05, 0.1) is 18.2 Å². The molecule has 2 rings (SSSR count). The molecule has 6 heteroatoms. The van der Waals surface area contributed by atoms with Crippen molar-refractivity contribution < 1.29 is 14.7 Å². The van der Waals surface area contributed by atoms with Crippen LogP contribution in [-0.4, -0.2) is 59.6 Å². The Bertz CT molecular complexity index is 535. The van der Waals surface area contributed by atoms with Crippen LogP contribution >= 0.6 is 0 Å². The number of nitrogens with zero attached hydrogens (tertiary/aromatic N) is 1. The van der Waals surface area contributed by atoms with E-state index in [-0.39, 0.29) is 17.9 Å². The molecule has 3 N–H and O–H groups in total. The lowest BCUT2D eigenvalue weighted by atomic mass is 9.95. The molecule has 3 atom stereocenters. The van der Waals surface area contributed by atoms with Crippen LogP contribution in [-0.2, 0) is 16.0 Å². The highest BCUT2D eigenvalue weighted by atomic mass is 16.3. The molecule has 6 nitrogen and oxygen atoms in total. The van der Waals surface area contributed by atoms with Crippen molar-refractivity contribution in [3.63, 3.8) is 0 Å². The number of hydrogen-bond donors (Lipinski definition) is 3. The maximum Gasteiger partial charge on any atom is 0.219 e. The molecule has 1 saturated heterocycles. The zero-order valence-electron chi connectivity index (χ0n) is 13.7. The molecule has 0 aromatic heterocycles. The molecule has 0 radical (unpaired) electrons. The van der Waals surface area contributed by atoms with Gasteiger partial charge in [-0.1, -0.05) is 30.3 Å². The van der Waals surface area contributed by atoms with E-state index in [1.807, 2.05) is 30.3 Å². The van der Waals surface area contributed by atoms with Crippen LogP contribution in [0.15, 0.2) is 30.3 Å². The van der Waals surface area contributed by atoms with Crippen molar-refractivity contribution in [1.82, 2.24) is 15.5 Å². The highest BCUT2D eigenvalue weighted by Crippen LogP contribution is 2.12. The van der Waals surface area contributed by atoms with E-state index in [1.54, 1.807) is 4.90 Å². The molecule has 0 bridgehead atoms. The molecule has 126 valence electrons. The van der Waals surface area contributed by atoms with E-state index < -0.39 is 12.1 Å². The lowest BCUT2D eigenvalue weighted by molar-refractivity contribution is -0.131. The average molecular weight is 319 g/mol. The molecule has 1 aromatic rings. The Morgan fingerprint density at radius 3 is 2.65 bits per heavy atom. The van der Waals surface area contributed by atoms with Crippen LogP contribution < -0.4 is 10.6 Å². The normalized spacial score (nSPS) is 20.7. The van der Waals surface area contributed by atoms with Gasteiger partial charge in [-0.15, -0.1) is 0 Å². The highest BCUT2D eigenvalue weighted by molar-refractivity contribution is 5.74. The number of nitrogens with one attached hydrogen (secondary N) is 2. The summed E-state index contributed by atoms with van der Waals surface area (Å²) in [5.41, 5.74) is 1.05. The Morgan fingerprint density at radius 2 is 2.04 bits per heavy atom. The first-order valence-electron chi connectivity index (χ1n) is 7.95. The third kappa shape index (κ3) is 5.04. The monoisotopic (exact) mass is 319 g/mol. The quantitative estimate of drug-likeness (QED) is 0.709. The van der Waals surface area contributed by atoms with E-state index >= 15 is 0 Å². The van der Waals surface area contributed by atoms with Gasteiger partial charge in [-0.3, -0.25) is 9.59 Å². The number of carbonyl (C=O) groups excluding carboxylic acids is 2. The zero-order chi connectivity index (χ0) is 16.8. The number of piperazine rings is 1. The molecule has 0 saturated carbocycles. The summed E-state index contributed by atoms with van der Waals surface area (Å²) in [7, 11) is 0. The van der Waals surface area contributed by atoms with Gasteiger partial charge in [-0.25, -0.2) is 0 Å². The first-order valence-corrected chi connectivity index (χ1v) is 7.95. The molecule has 1 fully saturated rings. The Kier molecular flexibility index (Phi) is 6.12. The van der Waals surface area contributed by atoms with Crippen molar-refractivity contribution in [2.75, 3.05) is 19.6 Å². The topological polar surface area (TPSA) is 81.7 Å². The summed E-state index contributed by atoms with van der Waals surface area (Å²) in [4.78, 5) is 24.8. The number of aliphatic hydroxyl groups excluding tert-OH is 1. The highest BCUT2D eigenvalue weighted by Gasteiger charge is 2.32. The van der Waals surface area contributed by atoms with Crippen molar-refractivity contribution in [3.05, 3.63) is 35.9 Å². The van der Waals surface area contributed by atoms with Crippen LogP contribution in [0.1, 0.15) is 19.4 Å².